The first-order valence-electron chi connectivity index (χ1n) is 8.47. The molecule has 1 amide bonds. The minimum absolute atomic E-state index is 0.148. The summed E-state index contributed by atoms with van der Waals surface area (Å²) in [6.07, 6.45) is 1.72. The standard InChI is InChI=1S/C16H25N5O2/c1-2-17-14-3-4-15(19-18-14)20-7-9-21(10-8-20)16(22)13-5-11-23-12-6-13/h3-4,13H,2,5-12H2,1H3,(H,17,18). The first-order valence-corrected chi connectivity index (χ1v) is 8.47. The Kier molecular flexibility index (Phi) is 5.27. The van der Waals surface area contributed by atoms with Crippen LogP contribution in [0.4, 0.5) is 11.6 Å². The first kappa shape index (κ1) is 16.0. The Morgan fingerprint density at radius 3 is 2.57 bits per heavy atom. The van der Waals surface area contributed by atoms with E-state index in [-0.39, 0.29) is 5.92 Å². The molecule has 3 heterocycles. The summed E-state index contributed by atoms with van der Waals surface area (Å²) >= 11 is 0. The average molecular weight is 319 g/mol. The van der Waals surface area contributed by atoms with Gasteiger partial charge in [-0.05, 0) is 31.9 Å². The molecule has 126 valence electrons. The van der Waals surface area contributed by atoms with Crippen LogP contribution in [0.1, 0.15) is 19.8 Å². The number of aromatic nitrogens is 2. The molecule has 3 rings (SSSR count). The van der Waals surface area contributed by atoms with Gasteiger partial charge in [0.2, 0.25) is 5.91 Å². The quantitative estimate of drug-likeness (QED) is 0.892. The van der Waals surface area contributed by atoms with E-state index in [4.69, 9.17) is 4.74 Å². The van der Waals surface area contributed by atoms with E-state index in [0.29, 0.717) is 19.1 Å². The normalized spacial score (nSPS) is 19.7. The number of nitrogens with one attached hydrogen (secondary N) is 1. The molecular formula is C16H25N5O2. The van der Waals surface area contributed by atoms with E-state index < -0.39 is 0 Å². The molecular weight excluding hydrogens is 294 g/mol. The van der Waals surface area contributed by atoms with Crippen LogP contribution in [0.5, 0.6) is 0 Å². The molecule has 0 aliphatic carbocycles. The highest BCUT2D eigenvalue weighted by Gasteiger charge is 2.29. The number of anilines is 2. The number of nitrogens with zero attached hydrogens (tertiary/aromatic N) is 4. The van der Waals surface area contributed by atoms with Gasteiger partial charge in [0.05, 0.1) is 0 Å². The van der Waals surface area contributed by atoms with E-state index in [1.807, 2.05) is 24.0 Å². The van der Waals surface area contributed by atoms with Crippen molar-refractivity contribution in [1.82, 2.24) is 15.1 Å². The zero-order chi connectivity index (χ0) is 16.1. The van der Waals surface area contributed by atoms with Gasteiger partial charge in [-0.15, -0.1) is 10.2 Å². The second-order valence-corrected chi connectivity index (χ2v) is 6.01. The van der Waals surface area contributed by atoms with Crippen LogP contribution in [0.15, 0.2) is 12.1 Å². The maximum atomic E-state index is 12.5. The van der Waals surface area contributed by atoms with Crippen LogP contribution >= 0.6 is 0 Å². The van der Waals surface area contributed by atoms with Crippen molar-refractivity contribution in [3.05, 3.63) is 12.1 Å². The minimum Gasteiger partial charge on any atom is -0.381 e. The number of ether oxygens (including phenoxy) is 1. The van der Waals surface area contributed by atoms with Gasteiger partial charge < -0.3 is 19.9 Å². The lowest BCUT2D eigenvalue weighted by Crippen LogP contribution is -2.51. The molecule has 1 N–H and O–H groups in total. The minimum atomic E-state index is 0.148. The van der Waals surface area contributed by atoms with Gasteiger partial charge in [0.1, 0.15) is 5.82 Å². The number of carbonyl (C=O) groups excluding carboxylic acids is 1. The fourth-order valence-corrected chi connectivity index (χ4v) is 3.13. The highest BCUT2D eigenvalue weighted by molar-refractivity contribution is 5.79. The molecule has 0 unspecified atom stereocenters. The fraction of sp³-hybridized carbons (Fsp3) is 0.688. The molecule has 2 saturated heterocycles. The van der Waals surface area contributed by atoms with E-state index in [0.717, 1.165) is 57.2 Å². The molecule has 23 heavy (non-hydrogen) atoms. The molecule has 0 atom stereocenters. The second kappa shape index (κ2) is 7.59. The van der Waals surface area contributed by atoms with Crippen molar-refractivity contribution < 1.29 is 9.53 Å². The van der Waals surface area contributed by atoms with Gasteiger partial charge >= 0.3 is 0 Å². The summed E-state index contributed by atoms with van der Waals surface area (Å²) in [6.45, 7) is 7.42. The van der Waals surface area contributed by atoms with Crippen LogP contribution in [0.2, 0.25) is 0 Å². The number of hydrogen-bond acceptors (Lipinski definition) is 6. The van der Waals surface area contributed by atoms with Gasteiger partial charge in [-0.1, -0.05) is 0 Å². The van der Waals surface area contributed by atoms with E-state index in [9.17, 15) is 4.79 Å². The monoisotopic (exact) mass is 319 g/mol. The Balaban J connectivity index is 1.52. The summed E-state index contributed by atoms with van der Waals surface area (Å²) in [4.78, 5) is 16.7. The van der Waals surface area contributed by atoms with Crippen molar-refractivity contribution in [1.29, 1.82) is 0 Å². The van der Waals surface area contributed by atoms with Gasteiger partial charge in [0.25, 0.3) is 0 Å². The van der Waals surface area contributed by atoms with E-state index in [2.05, 4.69) is 20.4 Å². The summed E-state index contributed by atoms with van der Waals surface area (Å²) in [5.41, 5.74) is 0. The van der Waals surface area contributed by atoms with Gasteiger partial charge in [-0.25, -0.2) is 0 Å². The van der Waals surface area contributed by atoms with Crippen LogP contribution in [0.3, 0.4) is 0 Å². The van der Waals surface area contributed by atoms with Crippen LogP contribution in [-0.2, 0) is 9.53 Å². The van der Waals surface area contributed by atoms with Crippen LogP contribution < -0.4 is 10.2 Å². The molecule has 0 saturated carbocycles. The maximum absolute atomic E-state index is 12.5. The summed E-state index contributed by atoms with van der Waals surface area (Å²) in [5.74, 6) is 2.12. The second-order valence-electron chi connectivity index (χ2n) is 6.01. The summed E-state index contributed by atoms with van der Waals surface area (Å²) in [6, 6.07) is 3.94. The van der Waals surface area contributed by atoms with Crippen molar-refractivity contribution in [2.45, 2.75) is 19.8 Å². The predicted octanol–water partition coefficient (Wildman–Crippen LogP) is 0.984. The Labute approximate surface area is 137 Å². The van der Waals surface area contributed by atoms with E-state index >= 15 is 0 Å². The molecule has 0 radical (unpaired) electrons. The van der Waals surface area contributed by atoms with Gasteiger partial charge in [-0.2, -0.15) is 0 Å². The van der Waals surface area contributed by atoms with Crippen LogP contribution in [0, 0.1) is 5.92 Å². The summed E-state index contributed by atoms with van der Waals surface area (Å²) in [7, 11) is 0. The molecule has 1 aromatic heterocycles. The van der Waals surface area contributed by atoms with Gasteiger partial charge in [0.15, 0.2) is 5.82 Å². The molecule has 7 nitrogen and oxygen atoms in total. The Bertz CT molecular complexity index is 508. The number of amides is 1. The highest BCUT2D eigenvalue weighted by Crippen LogP contribution is 2.20. The molecule has 0 aromatic carbocycles. The molecule has 2 fully saturated rings. The predicted molar refractivity (Wildman–Crippen MR) is 88.5 cm³/mol. The molecule has 0 spiro atoms. The SMILES string of the molecule is CCNc1ccc(N2CCN(C(=O)C3CCOCC3)CC2)nn1. The highest BCUT2D eigenvalue weighted by atomic mass is 16.5. The van der Waals surface area contributed by atoms with Crippen LogP contribution in [-0.4, -0.2) is 66.9 Å². The van der Waals surface area contributed by atoms with Crippen molar-refractivity contribution >= 4 is 17.5 Å². The Morgan fingerprint density at radius 2 is 1.96 bits per heavy atom. The molecule has 7 heteroatoms. The molecule has 2 aliphatic heterocycles. The van der Waals surface area contributed by atoms with E-state index in [1.165, 1.54) is 0 Å². The third-order valence-electron chi connectivity index (χ3n) is 4.49. The summed E-state index contributed by atoms with van der Waals surface area (Å²) < 4.78 is 5.34. The lowest BCUT2D eigenvalue weighted by molar-refractivity contribution is -0.138. The lowest BCUT2D eigenvalue weighted by Gasteiger charge is -2.37. The summed E-state index contributed by atoms with van der Waals surface area (Å²) in [5, 5.41) is 11.6. The topological polar surface area (TPSA) is 70.6 Å². The first-order chi connectivity index (χ1) is 11.3. The Hall–Kier alpha value is -1.89. The zero-order valence-electron chi connectivity index (χ0n) is 13.7. The van der Waals surface area contributed by atoms with Crippen molar-refractivity contribution in [2.24, 2.45) is 5.92 Å². The largest absolute Gasteiger partial charge is 0.381 e. The van der Waals surface area contributed by atoms with Crippen LogP contribution in [0.25, 0.3) is 0 Å². The van der Waals surface area contributed by atoms with E-state index in [1.54, 1.807) is 0 Å². The number of rotatable bonds is 4. The lowest BCUT2D eigenvalue weighted by atomic mass is 9.98. The number of carbonyl (C=O) groups is 1. The third kappa shape index (κ3) is 3.90. The van der Waals surface area contributed by atoms with Crippen molar-refractivity contribution in [2.75, 3.05) is 56.2 Å². The fourth-order valence-electron chi connectivity index (χ4n) is 3.13. The smallest absolute Gasteiger partial charge is 0.225 e. The third-order valence-corrected chi connectivity index (χ3v) is 4.49. The maximum Gasteiger partial charge on any atom is 0.225 e. The number of piperazine rings is 1. The Morgan fingerprint density at radius 1 is 1.22 bits per heavy atom. The van der Waals surface area contributed by atoms with Gasteiger partial charge in [0, 0.05) is 51.9 Å². The average Bonchev–Trinajstić information content (AvgIpc) is 2.63. The molecule has 1 aromatic rings. The molecule has 2 aliphatic rings. The number of hydrogen-bond donors (Lipinski definition) is 1. The van der Waals surface area contributed by atoms with Crippen molar-refractivity contribution in [3.8, 4) is 0 Å². The zero-order valence-corrected chi connectivity index (χ0v) is 13.7. The van der Waals surface area contributed by atoms with Gasteiger partial charge in [-0.3, -0.25) is 4.79 Å². The van der Waals surface area contributed by atoms with Crippen molar-refractivity contribution in [3.63, 3.8) is 0 Å². The molecule has 0 bridgehead atoms.